The van der Waals surface area contributed by atoms with Crippen LogP contribution in [0.5, 0.6) is 28.7 Å². The fraction of sp³-hybridized carbons (Fsp3) is 0.393. The van der Waals surface area contributed by atoms with Crippen molar-refractivity contribution >= 4 is 11.0 Å². The van der Waals surface area contributed by atoms with Crippen LogP contribution in [0, 0.1) is 0 Å². The second-order valence-corrected chi connectivity index (χ2v) is 9.76. The van der Waals surface area contributed by atoms with Crippen molar-refractivity contribution in [1.82, 2.24) is 0 Å². The van der Waals surface area contributed by atoms with Crippen LogP contribution >= 0.6 is 0 Å². The fourth-order valence-corrected chi connectivity index (χ4v) is 4.68. The van der Waals surface area contributed by atoms with Crippen molar-refractivity contribution in [1.29, 1.82) is 0 Å². The standard InChI is InChI=1S/C28H32O10/c1-13(12-29)7-8-14-9-15(10-16-22(14)38-27(24(16)34-4)28(2,3)33)23-26(36-6)21(32)19-18(37-23)11-17(30)25(35-5)20(19)31/h7,9-11,24,27,29-31,33H,8,12H2,1-6H3. The molecule has 38 heavy (non-hydrogen) atoms. The van der Waals surface area contributed by atoms with Crippen LogP contribution in [0.3, 0.4) is 0 Å². The second-order valence-electron chi connectivity index (χ2n) is 9.76. The number of fused-ring (bicyclic) bond motifs is 2. The van der Waals surface area contributed by atoms with Crippen LogP contribution in [0.2, 0.25) is 0 Å². The largest absolute Gasteiger partial charge is 0.504 e. The molecule has 0 amide bonds. The minimum atomic E-state index is -1.24. The normalized spacial score (nSPS) is 17.4. The number of phenolic OH excluding ortho intramolecular Hbond substituents is 2. The summed E-state index contributed by atoms with van der Waals surface area (Å²) in [5.74, 6) is -0.818. The van der Waals surface area contributed by atoms with Gasteiger partial charge in [0.1, 0.15) is 22.8 Å². The first-order valence-corrected chi connectivity index (χ1v) is 12.0. The molecule has 1 aliphatic heterocycles. The highest BCUT2D eigenvalue weighted by atomic mass is 16.6. The summed E-state index contributed by atoms with van der Waals surface area (Å²) in [6.45, 7) is 4.94. The summed E-state index contributed by atoms with van der Waals surface area (Å²) >= 11 is 0. The van der Waals surface area contributed by atoms with Crippen LogP contribution in [-0.2, 0) is 11.2 Å². The Morgan fingerprint density at radius 2 is 1.79 bits per heavy atom. The van der Waals surface area contributed by atoms with Gasteiger partial charge in [0.15, 0.2) is 23.4 Å². The maximum atomic E-state index is 13.4. The molecule has 0 spiro atoms. The Bertz CT molecular complexity index is 1460. The summed E-state index contributed by atoms with van der Waals surface area (Å²) in [5.41, 5.74) is 0.549. The van der Waals surface area contributed by atoms with Gasteiger partial charge in [-0.25, -0.2) is 0 Å². The number of hydrogen-bond donors (Lipinski definition) is 4. The number of allylic oxidation sites excluding steroid dienone is 1. The maximum Gasteiger partial charge on any atom is 0.239 e. The van der Waals surface area contributed by atoms with Gasteiger partial charge in [-0.05, 0) is 44.9 Å². The molecular formula is C28H32O10. The molecule has 0 bridgehead atoms. The zero-order valence-electron chi connectivity index (χ0n) is 22.1. The van der Waals surface area contributed by atoms with Crippen LogP contribution in [0.1, 0.15) is 38.0 Å². The Morgan fingerprint density at radius 1 is 1.11 bits per heavy atom. The Balaban J connectivity index is 2.01. The molecule has 2 aromatic carbocycles. The molecule has 0 radical (unpaired) electrons. The van der Waals surface area contributed by atoms with E-state index in [9.17, 15) is 25.2 Å². The van der Waals surface area contributed by atoms with Crippen molar-refractivity contribution in [2.75, 3.05) is 27.9 Å². The number of ether oxygens (including phenoxy) is 4. The molecule has 4 N–H and O–H groups in total. The number of benzene rings is 2. The topological polar surface area (TPSA) is 148 Å². The highest BCUT2D eigenvalue weighted by Gasteiger charge is 2.45. The highest BCUT2D eigenvalue weighted by Crippen LogP contribution is 2.48. The van der Waals surface area contributed by atoms with E-state index in [-0.39, 0.29) is 34.8 Å². The smallest absolute Gasteiger partial charge is 0.239 e. The number of aliphatic hydroxyl groups excluding tert-OH is 1. The third-order valence-electron chi connectivity index (χ3n) is 6.61. The molecule has 10 nitrogen and oxygen atoms in total. The van der Waals surface area contributed by atoms with Crippen molar-refractivity contribution in [2.24, 2.45) is 0 Å². The van der Waals surface area contributed by atoms with Crippen LogP contribution in [0.25, 0.3) is 22.3 Å². The third-order valence-corrected chi connectivity index (χ3v) is 6.61. The molecular weight excluding hydrogens is 496 g/mol. The van der Waals surface area contributed by atoms with Gasteiger partial charge in [-0.3, -0.25) is 4.79 Å². The first-order valence-electron chi connectivity index (χ1n) is 12.0. The van der Waals surface area contributed by atoms with Crippen LogP contribution in [-0.4, -0.2) is 60.1 Å². The molecule has 10 heteroatoms. The summed E-state index contributed by atoms with van der Waals surface area (Å²) in [7, 11) is 4.07. The van der Waals surface area contributed by atoms with Gasteiger partial charge in [0.25, 0.3) is 0 Å². The quantitative estimate of drug-likeness (QED) is 0.320. The lowest BCUT2D eigenvalue weighted by Gasteiger charge is -2.29. The van der Waals surface area contributed by atoms with E-state index in [1.807, 2.05) is 6.08 Å². The van der Waals surface area contributed by atoms with E-state index < -0.39 is 34.7 Å². The van der Waals surface area contributed by atoms with Gasteiger partial charge < -0.3 is 43.8 Å². The van der Waals surface area contributed by atoms with E-state index in [0.29, 0.717) is 28.9 Å². The number of rotatable bonds is 8. The van der Waals surface area contributed by atoms with Crippen molar-refractivity contribution in [3.63, 3.8) is 0 Å². The number of aromatic hydroxyl groups is 2. The molecule has 2 atom stereocenters. The molecule has 4 rings (SSSR count). The zero-order valence-corrected chi connectivity index (χ0v) is 22.1. The molecule has 0 saturated heterocycles. The predicted octanol–water partition coefficient (Wildman–Crippen LogP) is 3.59. The van der Waals surface area contributed by atoms with Gasteiger partial charge in [-0.15, -0.1) is 0 Å². The molecule has 2 heterocycles. The number of methoxy groups -OCH3 is 3. The summed E-state index contributed by atoms with van der Waals surface area (Å²) in [5, 5.41) is 40.9. The monoisotopic (exact) mass is 528 g/mol. The van der Waals surface area contributed by atoms with Crippen molar-refractivity contribution in [2.45, 2.75) is 45.0 Å². The van der Waals surface area contributed by atoms with Crippen LogP contribution in [0.15, 0.2) is 39.1 Å². The predicted molar refractivity (Wildman–Crippen MR) is 139 cm³/mol. The molecule has 1 aromatic heterocycles. The Labute approximate surface area is 219 Å². The SMILES string of the molecule is COc1c(O)cc2oc(-c3cc(CC=C(C)CO)c4c(c3)C(OC)C(C(C)(C)O)O4)c(OC)c(=O)c2c1O. The van der Waals surface area contributed by atoms with Crippen molar-refractivity contribution < 1.29 is 43.8 Å². The van der Waals surface area contributed by atoms with Crippen LogP contribution in [0.4, 0.5) is 0 Å². The highest BCUT2D eigenvalue weighted by molar-refractivity contribution is 5.91. The van der Waals surface area contributed by atoms with Gasteiger partial charge in [-0.2, -0.15) is 0 Å². The summed E-state index contributed by atoms with van der Waals surface area (Å²) in [4.78, 5) is 13.4. The maximum absolute atomic E-state index is 13.4. The molecule has 3 aromatic rings. The lowest BCUT2D eigenvalue weighted by Crippen LogP contribution is -2.42. The van der Waals surface area contributed by atoms with E-state index in [0.717, 1.165) is 5.57 Å². The van der Waals surface area contributed by atoms with Gasteiger partial charge in [-0.1, -0.05) is 11.6 Å². The lowest BCUT2D eigenvalue weighted by molar-refractivity contribution is -0.0883. The summed E-state index contributed by atoms with van der Waals surface area (Å²) in [6.07, 6.45) is 0.864. The van der Waals surface area contributed by atoms with Crippen molar-refractivity contribution in [3.05, 3.63) is 51.2 Å². The third kappa shape index (κ3) is 4.55. The minimum Gasteiger partial charge on any atom is -0.504 e. The molecule has 204 valence electrons. The summed E-state index contributed by atoms with van der Waals surface area (Å²) < 4.78 is 28.4. The number of aliphatic hydroxyl groups is 2. The molecule has 1 aliphatic rings. The minimum absolute atomic E-state index is 0.0578. The van der Waals surface area contributed by atoms with Crippen molar-refractivity contribution in [3.8, 4) is 40.1 Å². The fourth-order valence-electron chi connectivity index (χ4n) is 4.68. The number of hydrogen-bond acceptors (Lipinski definition) is 10. The Hall–Kier alpha value is -3.73. The Morgan fingerprint density at radius 3 is 2.37 bits per heavy atom. The average Bonchev–Trinajstić information content (AvgIpc) is 3.26. The van der Waals surface area contributed by atoms with E-state index in [1.165, 1.54) is 27.4 Å². The van der Waals surface area contributed by atoms with E-state index in [2.05, 4.69) is 0 Å². The molecule has 0 fully saturated rings. The van der Waals surface area contributed by atoms with Gasteiger partial charge in [0.2, 0.25) is 16.9 Å². The van der Waals surface area contributed by atoms with E-state index in [1.54, 1.807) is 32.9 Å². The second kappa shape index (κ2) is 10.2. The zero-order chi connectivity index (χ0) is 27.9. The lowest BCUT2D eigenvalue weighted by atomic mass is 9.92. The summed E-state index contributed by atoms with van der Waals surface area (Å²) in [6, 6.07) is 4.68. The number of phenols is 2. The first kappa shape index (κ1) is 27.3. The van der Waals surface area contributed by atoms with E-state index in [4.69, 9.17) is 23.4 Å². The molecule has 0 aliphatic carbocycles. The first-order chi connectivity index (χ1) is 18.0. The molecule has 2 unspecified atom stereocenters. The van der Waals surface area contributed by atoms with Gasteiger partial charge in [0, 0.05) is 24.3 Å². The van der Waals surface area contributed by atoms with Gasteiger partial charge >= 0.3 is 0 Å². The average molecular weight is 529 g/mol. The van der Waals surface area contributed by atoms with Gasteiger partial charge in [0.05, 0.1) is 26.4 Å². The Kier molecular flexibility index (Phi) is 7.33. The van der Waals surface area contributed by atoms with Crippen LogP contribution < -0.4 is 19.6 Å². The molecule has 0 saturated carbocycles. The van der Waals surface area contributed by atoms with E-state index >= 15 is 0 Å².